The topological polar surface area (TPSA) is 95.7 Å². The van der Waals surface area contributed by atoms with E-state index < -0.39 is 12.1 Å². The first-order valence-corrected chi connectivity index (χ1v) is 11.1. The van der Waals surface area contributed by atoms with Crippen LogP contribution in [0.4, 0.5) is 24.7 Å². The zero-order chi connectivity index (χ0) is 24.6. The summed E-state index contributed by atoms with van der Waals surface area (Å²) < 4.78 is 42.2. The van der Waals surface area contributed by atoms with Gasteiger partial charge >= 0.3 is 12.1 Å². The molecule has 1 aromatic carbocycles. The number of piperazine rings is 1. The highest BCUT2D eigenvalue weighted by Crippen LogP contribution is 2.30. The van der Waals surface area contributed by atoms with E-state index in [1.54, 1.807) is 21.9 Å². The Hall–Kier alpha value is -3.96. The smallest absolute Gasteiger partial charge is 0.353 e. The van der Waals surface area contributed by atoms with Crippen LogP contribution >= 0.6 is 0 Å². The van der Waals surface area contributed by atoms with Crippen LogP contribution in [0.1, 0.15) is 12.3 Å². The van der Waals surface area contributed by atoms with Crippen LogP contribution in [0.5, 0.6) is 0 Å². The first-order valence-electron chi connectivity index (χ1n) is 11.1. The normalized spacial score (nSPS) is 18.9. The van der Waals surface area contributed by atoms with E-state index in [2.05, 4.69) is 19.6 Å². The standard InChI is InChI=1S/C23H21F3N6O3/c24-23(25,26)22-28-20(29-35-22)15-6-7-18(27-13-15)30-8-10-31(11-9-30)21(34)16-12-19(33)32(14-16)17-4-2-1-3-5-17/h1-7,13,16H,8-12,14H2. The number of amides is 2. The van der Waals surface area contributed by atoms with E-state index in [1.165, 1.54) is 6.20 Å². The number of alkyl halides is 3. The molecular formula is C23H21F3N6O3. The molecule has 2 saturated heterocycles. The van der Waals surface area contributed by atoms with Gasteiger partial charge in [-0.05, 0) is 24.3 Å². The molecule has 0 N–H and O–H groups in total. The van der Waals surface area contributed by atoms with Crippen molar-refractivity contribution in [3.8, 4) is 11.4 Å². The number of nitrogens with zero attached hydrogens (tertiary/aromatic N) is 6. The van der Waals surface area contributed by atoms with Crippen molar-refractivity contribution >= 4 is 23.3 Å². The van der Waals surface area contributed by atoms with Crippen molar-refractivity contribution in [2.45, 2.75) is 12.6 Å². The second-order valence-corrected chi connectivity index (χ2v) is 8.38. The van der Waals surface area contributed by atoms with Gasteiger partial charge in [-0.25, -0.2) is 4.98 Å². The van der Waals surface area contributed by atoms with Crippen LogP contribution in [0.25, 0.3) is 11.4 Å². The number of hydrogen-bond donors (Lipinski definition) is 0. The Bertz CT molecular complexity index is 1210. The van der Waals surface area contributed by atoms with Crippen LogP contribution in [-0.2, 0) is 15.8 Å². The van der Waals surface area contributed by atoms with Gasteiger partial charge in [-0.3, -0.25) is 9.59 Å². The third-order valence-electron chi connectivity index (χ3n) is 6.13. The number of para-hydroxylation sites is 1. The number of halogens is 3. The van der Waals surface area contributed by atoms with Crippen molar-refractivity contribution < 1.29 is 27.3 Å². The van der Waals surface area contributed by atoms with Crippen LogP contribution in [0.2, 0.25) is 0 Å². The molecule has 2 fully saturated rings. The number of aromatic nitrogens is 3. The number of anilines is 2. The van der Waals surface area contributed by atoms with Gasteiger partial charge in [0.1, 0.15) is 5.82 Å². The molecule has 35 heavy (non-hydrogen) atoms. The first-order chi connectivity index (χ1) is 16.8. The Labute approximate surface area is 198 Å². The van der Waals surface area contributed by atoms with E-state index in [4.69, 9.17) is 0 Å². The summed E-state index contributed by atoms with van der Waals surface area (Å²) >= 11 is 0. The van der Waals surface area contributed by atoms with Crippen LogP contribution in [0.3, 0.4) is 0 Å². The molecule has 0 radical (unpaired) electrons. The summed E-state index contributed by atoms with van der Waals surface area (Å²) in [7, 11) is 0. The fourth-order valence-corrected chi connectivity index (χ4v) is 4.31. The van der Waals surface area contributed by atoms with Gasteiger partial charge in [0.15, 0.2) is 0 Å². The highest BCUT2D eigenvalue weighted by atomic mass is 19.4. The molecular weight excluding hydrogens is 465 g/mol. The molecule has 1 unspecified atom stereocenters. The lowest BCUT2D eigenvalue weighted by molar-refractivity contribution is -0.159. The molecule has 182 valence electrons. The van der Waals surface area contributed by atoms with Gasteiger partial charge in [-0.15, -0.1) is 0 Å². The van der Waals surface area contributed by atoms with E-state index in [9.17, 15) is 22.8 Å². The molecule has 0 aliphatic carbocycles. The first kappa shape index (κ1) is 22.8. The Morgan fingerprint density at radius 3 is 2.40 bits per heavy atom. The third kappa shape index (κ3) is 4.68. The summed E-state index contributed by atoms with van der Waals surface area (Å²) in [5.74, 6) is -1.43. The van der Waals surface area contributed by atoms with Crippen LogP contribution in [0.15, 0.2) is 53.2 Å². The maximum absolute atomic E-state index is 13.1. The molecule has 0 spiro atoms. The fraction of sp³-hybridized carbons (Fsp3) is 0.348. The van der Waals surface area contributed by atoms with E-state index in [0.29, 0.717) is 44.1 Å². The Kier molecular flexibility index (Phi) is 5.87. The molecule has 2 aliphatic heterocycles. The van der Waals surface area contributed by atoms with Crippen molar-refractivity contribution in [3.63, 3.8) is 0 Å². The molecule has 2 amide bonds. The van der Waals surface area contributed by atoms with Crippen molar-refractivity contribution in [2.75, 3.05) is 42.5 Å². The third-order valence-corrected chi connectivity index (χ3v) is 6.13. The highest BCUT2D eigenvalue weighted by Gasteiger charge is 2.39. The number of pyridine rings is 1. The van der Waals surface area contributed by atoms with Crippen molar-refractivity contribution in [3.05, 3.63) is 54.6 Å². The average Bonchev–Trinajstić information content (AvgIpc) is 3.52. The lowest BCUT2D eigenvalue weighted by atomic mass is 10.1. The predicted octanol–water partition coefficient (Wildman–Crippen LogP) is 2.85. The SMILES string of the molecule is O=C(C1CC(=O)N(c2ccccc2)C1)N1CCN(c2ccc(-c3noc(C(F)(F)F)n3)cn2)CC1. The quantitative estimate of drug-likeness (QED) is 0.560. The Morgan fingerprint density at radius 2 is 1.77 bits per heavy atom. The number of rotatable bonds is 4. The number of hydrogen-bond acceptors (Lipinski definition) is 7. The van der Waals surface area contributed by atoms with Gasteiger partial charge < -0.3 is 19.2 Å². The van der Waals surface area contributed by atoms with E-state index in [-0.39, 0.29) is 30.0 Å². The Balaban J connectivity index is 1.17. The summed E-state index contributed by atoms with van der Waals surface area (Å²) in [6.07, 6.45) is -3.12. The summed E-state index contributed by atoms with van der Waals surface area (Å²) in [5.41, 5.74) is 1.10. The summed E-state index contributed by atoms with van der Waals surface area (Å²) in [6, 6.07) is 12.6. The number of carbonyl (C=O) groups is 2. The molecule has 0 saturated carbocycles. The van der Waals surface area contributed by atoms with E-state index in [0.717, 1.165) is 5.69 Å². The average molecular weight is 486 g/mol. The molecule has 1 atom stereocenters. The fourth-order valence-electron chi connectivity index (χ4n) is 4.31. The maximum Gasteiger partial charge on any atom is 0.471 e. The van der Waals surface area contributed by atoms with Crippen LogP contribution < -0.4 is 9.80 Å². The zero-order valence-corrected chi connectivity index (χ0v) is 18.5. The largest absolute Gasteiger partial charge is 0.471 e. The Morgan fingerprint density at radius 1 is 1.03 bits per heavy atom. The van der Waals surface area contributed by atoms with E-state index >= 15 is 0 Å². The van der Waals surface area contributed by atoms with Gasteiger partial charge in [0, 0.05) is 56.6 Å². The summed E-state index contributed by atoms with van der Waals surface area (Å²) in [5, 5.41) is 3.36. The van der Waals surface area contributed by atoms with Crippen LogP contribution in [0, 0.1) is 5.92 Å². The van der Waals surface area contributed by atoms with E-state index in [1.807, 2.05) is 35.2 Å². The predicted molar refractivity (Wildman–Crippen MR) is 118 cm³/mol. The second kappa shape index (κ2) is 9.01. The molecule has 12 heteroatoms. The second-order valence-electron chi connectivity index (χ2n) is 8.38. The lowest BCUT2D eigenvalue weighted by Crippen LogP contribution is -2.51. The minimum Gasteiger partial charge on any atom is -0.353 e. The maximum atomic E-state index is 13.1. The highest BCUT2D eigenvalue weighted by molar-refractivity contribution is 6.00. The van der Waals surface area contributed by atoms with Crippen molar-refractivity contribution in [2.24, 2.45) is 5.92 Å². The molecule has 4 heterocycles. The minimum absolute atomic E-state index is 0.0303. The summed E-state index contributed by atoms with van der Waals surface area (Å²) in [4.78, 5) is 38.6. The number of carbonyl (C=O) groups excluding carboxylic acids is 2. The summed E-state index contributed by atoms with van der Waals surface area (Å²) in [6.45, 7) is 2.43. The van der Waals surface area contributed by atoms with Crippen LogP contribution in [-0.4, -0.2) is 64.6 Å². The van der Waals surface area contributed by atoms with Gasteiger partial charge in [-0.1, -0.05) is 23.4 Å². The van der Waals surface area contributed by atoms with Gasteiger partial charge in [0.05, 0.1) is 5.92 Å². The molecule has 2 aromatic heterocycles. The molecule has 0 bridgehead atoms. The molecule has 3 aromatic rings. The zero-order valence-electron chi connectivity index (χ0n) is 18.5. The molecule has 2 aliphatic rings. The lowest BCUT2D eigenvalue weighted by Gasteiger charge is -2.36. The molecule has 9 nitrogen and oxygen atoms in total. The van der Waals surface area contributed by atoms with Gasteiger partial charge in [0.25, 0.3) is 0 Å². The van der Waals surface area contributed by atoms with Crippen molar-refractivity contribution in [1.82, 2.24) is 20.0 Å². The minimum atomic E-state index is -4.71. The van der Waals surface area contributed by atoms with Crippen molar-refractivity contribution in [1.29, 1.82) is 0 Å². The van der Waals surface area contributed by atoms with Gasteiger partial charge in [-0.2, -0.15) is 18.2 Å². The molecule has 5 rings (SSSR count). The number of benzene rings is 1. The van der Waals surface area contributed by atoms with Gasteiger partial charge in [0.2, 0.25) is 17.6 Å². The monoisotopic (exact) mass is 486 g/mol.